The number of benzene rings is 1. The van der Waals surface area contributed by atoms with Gasteiger partial charge < -0.3 is 25.0 Å². The second kappa shape index (κ2) is 8.26. The molecular formula is C16H23N3O4. The lowest BCUT2D eigenvalue weighted by molar-refractivity contribution is -0.121. The molecule has 1 aliphatic rings. The second-order valence-electron chi connectivity index (χ2n) is 5.26. The molecule has 0 bridgehead atoms. The lowest BCUT2D eigenvalue weighted by Gasteiger charge is -2.20. The molecule has 23 heavy (non-hydrogen) atoms. The van der Waals surface area contributed by atoms with E-state index in [-0.39, 0.29) is 18.5 Å². The molecule has 0 unspecified atom stereocenters. The van der Waals surface area contributed by atoms with E-state index in [1.165, 1.54) is 4.90 Å². The maximum atomic E-state index is 12.1. The Hall–Kier alpha value is -2.44. The molecular weight excluding hydrogens is 298 g/mol. The van der Waals surface area contributed by atoms with Crippen LogP contribution >= 0.6 is 0 Å². The number of urea groups is 1. The van der Waals surface area contributed by atoms with Gasteiger partial charge in [0.1, 0.15) is 6.54 Å². The van der Waals surface area contributed by atoms with Crippen LogP contribution in [0.15, 0.2) is 18.2 Å². The van der Waals surface area contributed by atoms with Crippen LogP contribution in [0.4, 0.5) is 4.79 Å². The summed E-state index contributed by atoms with van der Waals surface area (Å²) in [6, 6.07) is 5.44. The fourth-order valence-corrected chi connectivity index (χ4v) is 2.55. The zero-order chi connectivity index (χ0) is 16.7. The number of carbonyl (C=O) groups is 2. The van der Waals surface area contributed by atoms with E-state index >= 15 is 0 Å². The Balaban J connectivity index is 1.89. The molecule has 3 amide bonds. The van der Waals surface area contributed by atoms with Crippen LogP contribution in [-0.2, 0) is 11.2 Å². The van der Waals surface area contributed by atoms with Gasteiger partial charge in [-0.25, -0.2) is 4.79 Å². The zero-order valence-corrected chi connectivity index (χ0v) is 13.6. The lowest BCUT2D eigenvalue weighted by atomic mass is 10.1. The molecule has 0 aromatic heterocycles. The summed E-state index contributed by atoms with van der Waals surface area (Å²) in [5, 5.41) is 5.60. The van der Waals surface area contributed by atoms with Crippen LogP contribution in [0.5, 0.6) is 11.5 Å². The highest BCUT2D eigenvalue weighted by Crippen LogP contribution is 2.30. The van der Waals surface area contributed by atoms with Gasteiger partial charge in [0, 0.05) is 19.6 Å². The number of methoxy groups -OCH3 is 2. The van der Waals surface area contributed by atoms with E-state index < -0.39 is 0 Å². The monoisotopic (exact) mass is 321 g/mol. The molecule has 1 aliphatic heterocycles. The fourth-order valence-electron chi connectivity index (χ4n) is 2.55. The van der Waals surface area contributed by atoms with Gasteiger partial charge >= 0.3 is 6.03 Å². The van der Waals surface area contributed by atoms with E-state index in [9.17, 15) is 9.59 Å². The summed E-state index contributed by atoms with van der Waals surface area (Å²) in [6.07, 6.45) is 1.38. The molecule has 2 rings (SSSR count). The summed E-state index contributed by atoms with van der Waals surface area (Å²) in [4.78, 5) is 25.2. The highest BCUT2D eigenvalue weighted by molar-refractivity contribution is 5.84. The molecule has 1 saturated heterocycles. The van der Waals surface area contributed by atoms with Crippen molar-refractivity contribution in [2.24, 2.45) is 0 Å². The largest absolute Gasteiger partial charge is 0.493 e. The van der Waals surface area contributed by atoms with Crippen molar-refractivity contribution in [1.29, 1.82) is 0 Å². The van der Waals surface area contributed by atoms with Gasteiger partial charge in [0.05, 0.1) is 14.2 Å². The van der Waals surface area contributed by atoms with Gasteiger partial charge in [-0.2, -0.15) is 0 Å². The van der Waals surface area contributed by atoms with Crippen molar-refractivity contribution in [3.63, 3.8) is 0 Å². The molecule has 1 aromatic rings. The molecule has 7 nitrogen and oxygen atoms in total. The summed E-state index contributed by atoms with van der Waals surface area (Å²) in [7, 11) is 3.18. The van der Waals surface area contributed by atoms with Crippen LogP contribution in [0, 0.1) is 0 Å². The minimum atomic E-state index is -0.219. The van der Waals surface area contributed by atoms with Gasteiger partial charge in [-0.15, -0.1) is 0 Å². The first-order valence-corrected chi connectivity index (χ1v) is 7.65. The molecule has 0 aliphatic carbocycles. The van der Waals surface area contributed by atoms with Crippen LogP contribution in [0.3, 0.4) is 0 Å². The molecule has 1 heterocycles. The number of amides is 3. The molecule has 0 radical (unpaired) electrons. The molecule has 126 valence electrons. The molecule has 1 fully saturated rings. The molecule has 0 spiro atoms. The van der Waals surface area contributed by atoms with E-state index in [2.05, 4.69) is 10.6 Å². The third kappa shape index (κ3) is 4.51. The van der Waals surface area contributed by atoms with Crippen LogP contribution in [0.2, 0.25) is 0 Å². The van der Waals surface area contributed by atoms with E-state index in [1.807, 2.05) is 18.2 Å². The summed E-state index contributed by atoms with van der Waals surface area (Å²) in [6.45, 7) is 1.76. The fraction of sp³-hybridized carbons (Fsp3) is 0.500. The maximum absolute atomic E-state index is 12.1. The molecule has 0 atom stereocenters. The Labute approximate surface area is 135 Å². The molecule has 7 heteroatoms. The third-order valence-electron chi connectivity index (χ3n) is 3.70. The number of nitrogens with zero attached hydrogens (tertiary/aromatic N) is 1. The van der Waals surface area contributed by atoms with Crippen molar-refractivity contribution in [1.82, 2.24) is 15.5 Å². The van der Waals surface area contributed by atoms with Crippen molar-refractivity contribution in [2.45, 2.75) is 12.8 Å². The average molecular weight is 321 g/mol. The van der Waals surface area contributed by atoms with E-state index in [0.29, 0.717) is 37.6 Å². The number of nitrogens with one attached hydrogen (secondary N) is 2. The quantitative estimate of drug-likeness (QED) is 0.840. The number of ether oxygens (including phenoxy) is 2. The Morgan fingerprint density at radius 3 is 2.91 bits per heavy atom. The highest BCUT2D eigenvalue weighted by Gasteiger charge is 2.19. The highest BCUT2D eigenvalue weighted by atomic mass is 16.5. The summed E-state index contributed by atoms with van der Waals surface area (Å²) in [5.41, 5.74) is 0.959. The summed E-state index contributed by atoms with van der Waals surface area (Å²) in [5.74, 6) is 1.23. The van der Waals surface area contributed by atoms with Crippen LogP contribution in [0.25, 0.3) is 0 Å². The van der Waals surface area contributed by atoms with Gasteiger partial charge in [0.15, 0.2) is 11.5 Å². The van der Waals surface area contributed by atoms with Gasteiger partial charge in [0.25, 0.3) is 0 Å². The maximum Gasteiger partial charge on any atom is 0.317 e. The van der Waals surface area contributed by atoms with Crippen molar-refractivity contribution in [3.8, 4) is 11.5 Å². The predicted molar refractivity (Wildman–Crippen MR) is 85.8 cm³/mol. The first-order valence-electron chi connectivity index (χ1n) is 7.65. The number of para-hydroxylation sites is 1. The standard InChI is InChI=1S/C16H23N3O4/c1-22-13-6-3-5-12(15(13)23-2)7-9-18-16(21)19-10-4-8-17-14(20)11-19/h3,5-6H,4,7-11H2,1-2H3,(H,17,20)(H,18,21). The van der Waals surface area contributed by atoms with Crippen molar-refractivity contribution in [3.05, 3.63) is 23.8 Å². The SMILES string of the molecule is COc1cccc(CCNC(=O)N2CCCNC(=O)C2)c1OC. The van der Waals surface area contributed by atoms with Gasteiger partial charge in [-0.05, 0) is 24.5 Å². The van der Waals surface area contributed by atoms with Crippen LogP contribution < -0.4 is 20.1 Å². The molecule has 0 saturated carbocycles. The minimum absolute atomic E-state index is 0.105. The van der Waals surface area contributed by atoms with E-state index in [0.717, 1.165) is 12.0 Å². The second-order valence-corrected chi connectivity index (χ2v) is 5.26. The average Bonchev–Trinajstić information content (AvgIpc) is 2.79. The van der Waals surface area contributed by atoms with Gasteiger partial charge in [-0.1, -0.05) is 12.1 Å². The Kier molecular flexibility index (Phi) is 6.08. The third-order valence-corrected chi connectivity index (χ3v) is 3.70. The lowest BCUT2D eigenvalue weighted by Crippen LogP contribution is -2.44. The number of carbonyl (C=O) groups excluding carboxylic acids is 2. The number of hydrogen-bond acceptors (Lipinski definition) is 4. The van der Waals surface area contributed by atoms with Gasteiger partial charge in [-0.3, -0.25) is 4.79 Å². The number of hydrogen-bond donors (Lipinski definition) is 2. The van der Waals surface area contributed by atoms with Gasteiger partial charge in [0.2, 0.25) is 5.91 Å². The Bertz CT molecular complexity index is 562. The summed E-state index contributed by atoms with van der Waals surface area (Å²) >= 11 is 0. The van der Waals surface area contributed by atoms with Crippen LogP contribution in [0.1, 0.15) is 12.0 Å². The zero-order valence-electron chi connectivity index (χ0n) is 13.6. The topological polar surface area (TPSA) is 79.9 Å². The minimum Gasteiger partial charge on any atom is -0.493 e. The first kappa shape index (κ1) is 16.9. The van der Waals surface area contributed by atoms with Crippen molar-refractivity contribution >= 4 is 11.9 Å². The summed E-state index contributed by atoms with van der Waals surface area (Å²) < 4.78 is 10.6. The van der Waals surface area contributed by atoms with E-state index in [1.54, 1.807) is 14.2 Å². The molecule has 2 N–H and O–H groups in total. The Morgan fingerprint density at radius 2 is 2.17 bits per heavy atom. The molecule has 1 aromatic carbocycles. The van der Waals surface area contributed by atoms with Crippen molar-refractivity contribution < 1.29 is 19.1 Å². The predicted octanol–water partition coefficient (Wildman–Crippen LogP) is 0.778. The van der Waals surface area contributed by atoms with E-state index in [4.69, 9.17) is 9.47 Å². The first-order chi connectivity index (χ1) is 11.2. The Morgan fingerprint density at radius 1 is 1.35 bits per heavy atom. The van der Waals surface area contributed by atoms with Crippen molar-refractivity contribution in [2.75, 3.05) is 40.4 Å². The normalized spacial score (nSPS) is 14.7. The van der Waals surface area contributed by atoms with Crippen LogP contribution in [-0.4, -0.2) is 57.2 Å². The number of rotatable bonds is 5. The smallest absolute Gasteiger partial charge is 0.317 e.